The second-order valence-corrected chi connectivity index (χ2v) is 10.0. The molecule has 2 atom stereocenters. The van der Waals surface area contributed by atoms with Crippen LogP contribution in [0.4, 0.5) is 0 Å². The number of hydrogen-bond acceptors (Lipinski definition) is 3. The van der Waals surface area contributed by atoms with Crippen molar-refractivity contribution in [3.05, 3.63) is 0 Å². The van der Waals surface area contributed by atoms with Gasteiger partial charge in [0.25, 0.3) is 0 Å². The second kappa shape index (κ2) is 4.81. The molecule has 2 aliphatic carbocycles. The van der Waals surface area contributed by atoms with Crippen molar-refractivity contribution in [2.75, 3.05) is 0 Å². The average Bonchev–Trinajstić information content (AvgIpc) is 2.86. The normalized spacial score (nSPS) is 37.8. The molecule has 0 radical (unpaired) electrons. The Bertz CT molecular complexity index is 534. The molecule has 1 heterocycles. The van der Waals surface area contributed by atoms with Crippen molar-refractivity contribution in [1.82, 2.24) is 10.6 Å². The summed E-state index contributed by atoms with van der Waals surface area (Å²) in [7, 11) is 0. The molecule has 2 bridgehead atoms. The Morgan fingerprint density at radius 3 is 2.09 bits per heavy atom. The minimum atomic E-state index is -0.743. The Labute approximate surface area is 140 Å². The van der Waals surface area contributed by atoms with Crippen LogP contribution in [-0.2, 0) is 9.59 Å². The van der Waals surface area contributed by atoms with Crippen LogP contribution in [0.3, 0.4) is 0 Å². The average molecular weight is 320 g/mol. The van der Waals surface area contributed by atoms with Crippen LogP contribution < -0.4 is 10.6 Å². The molecule has 2 N–H and O–H groups in total. The van der Waals surface area contributed by atoms with Gasteiger partial charge in [0.15, 0.2) is 5.78 Å². The van der Waals surface area contributed by atoms with Crippen molar-refractivity contribution < 1.29 is 9.59 Å². The van der Waals surface area contributed by atoms with E-state index in [1.807, 2.05) is 13.8 Å². The fourth-order valence-electron chi connectivity index (χ4n) is 5.73. The lowest BCUT2D eigenvalue weighted by Crippen LogP contribution is -2.63. The molecule has 4 nitrogen and oxygen atoms in total. The number of rotatable bonds is 2. The van der Waals surface area contributed by atoms with E-state index in [9.17, 15) is 9.59 Å². The summed E-state index contributed by atoms with van der Waals surface area (Å²) in [5.74, 6) is 0.543. The largest absolute Gasteiger partial charge is 0.352 e. The van der Waals surface area contributed by atoms with Gasteiger partial charge in [-0.2, -0.15) is 0 Å². The van der Waals surface area contributed by atoms with Gasteiger partial charge in [-0.25, -0.2) is 0 Å². The summed E-state index contributed by atoms with van der Waals surface area (Å²) >= 11 is 0. The standard InChI is InChI=1S/C19H32N2O2/c1-16(2)10-13(11-17(3,4)21-16)20-15(23)19-8-7-12(9-19)18(5,6)14(19)22/h12-13,21H,7-11H2,1-6H3,(H,20,23)/t12-,19-/m0/s1. The van der Waals surface area contributed by atoms with Gasteiger partial charge in [-0.3, -0.25) is 9.59 Å². The number of carbonyl (C=O) groups excluding carboxylic acids is 2. The number of fused-ring (bicyclic) bond motifs is 2. The van der Waals surface area contributed by atoms with E-state index in [1.54, 1.807) is 0 Å². The lowest BCUT2D eigenvalue weighted by molar-refractivity contribution is -0.145. The molecule has 3 rings (SSSR count). The van der Waals surface area contributed by atoms with Gasteiger partial charge in [-0.1, -0.05) is 13.8 Å². The third-order valence-electron chi connectivity index (χ3n) is 6.51. The number of Topliss-reactive ketones (excluding diaryl/α,β-unsaturated/α-hetero) is 1. The van der Waals surface area contributed by atoms with Crippen molar-refractivity contribution >= 4 is 11.7 Å². The van der Waals surface area contributed by atoms with E-state index >= 15 is 0 Å². The number of amides is 1. The number of carbonyl (C=O) groups is 2. The Hall–Kier alpha value is -0.900. The summed E-state index contributed by atoms with van der Waals surface area (Å²) in [5.41, 5.74) is -1.08. The second-order valence-electron chi connectivity index (χ2n) is 10.0. The molecular formula is C19H32N2O2. The van der Waals surface area contributed by atoms with Crippen LogP contribution in [0.1, 0.15) is 73.6 Å². The van der Waals surface area contributed by atoms with Gasteiger partial charge >= 0.3 is 0 Å². The van der Waals surface area contributed by atoms with E-state index in [2.05, 4.69) is 38.3 Å². The van der Waals surface area contributed by atoms with E-state index in [-0.39, 0.29) is 34.2 Å². The third kappa shape index (κ3) is 2.63. The first-order chi connectivity index (χ1) is 10.4. The summed E-state index contributed by atoms with van der Waals surface area (Å²) in [6.07, 6.45) is 4.31. The molecule has 1 aliphatic heterocycles. The van der Waals surface area contributed by atoms with Crippen LogP contribution in [0.5, 0.6) is 0 Å². The van der Waals surface area contributed by atoms with Gasteiger partial charge < -0.3 is 10.6 Å². The van der Waals surface area contributed by atoms with Crippen LogP contribution in [0, 0.1) is 16.7 Å². The zero-order valence-electron chi connectivity index (χ0n) is 15.5. The predicted octanol–water partition coefficient (Wildman–Crippen LogP) is 2.81. The van der Waals surface area contributed by atoms with E-state index < -0.39 is 5.41 Å². The Morgan fingerprint density at radius 2 is 1.61 bits per heavy atom. The van der Waals surface area contributed by atoms with Crippen LogP contribution in [0.2, 0.25) is 0 Å². The maximum Gasteiger partial charge on any atom is 0.233 e. The molecule has 23 heavy (non-hydrogen) atoms. The SMILES string of the molecule is CC1(C)CC(NC(=O)[C@@]23CC[C@@H](C2)C(C)(C)C3=O)CC(C)(C)N1. The summed E-state index contributed by atoms with van der Waals surface area (Å²) in [5, 5.41) is 6.90. The van der Waals surface area contributed by atoms with Crippen LogP contribution in [0.15, 0.2) is 0 Å². The molecule has 1 amide bonds. The maximum atomic E-state index is 13.1. The van der Waals surface area contributed by atoms with Crippen LogP contribution >= 0.6 is 0 Å². The highest BCUT2D eigenvalue weighted by molar-refractivity contribution is 6.10. The van der Waals surface area contributed by atoms with Crippen molar-refractivity contribution in [3.8, 4) is 0 Å². The number of nitrogens with one attached hydrogen (secondary N) is 2. The molecule has 3 aliphatic rings. The topological polar surface area (TPSA) is 58.2 Å². The number of hydrogen-bond donors (Lipinski definition) is 2. The zero-order valence-corrected chi connectivity index (χ0v) is 15.5. The summed E-state index contributed by atoms with van der Waals surface area (Å²) in [6, 6.07) is 0.138. The molecule has 0 aromatic carbocycles. The van der Waals surface area contributed by atoms with Gasteiger partial charge in [0.2, 0.25) is 5.91 Å². The molecular weight excluding hydrogens is 288 g/mol. The highest BCUT2D eigenvalue weighted by Gasteiger charge is 2.65. The van der Waals surface area contributed by atoms with E-state index in [1.165, 1.54) is 0 Å². The summed E-state index contributed by atoms with van der Waals surface area (Å²) in [6.45, 7) is 12.8. The first kappa shape index (κ1) is 16.9. The van der Waals surface area contributed by atoms with Crippen LogP contribution in [-0.4, -0.2) is 28.8 Å². The highest BCUT2D eigenvalue weighted by Crippen LogP contribution is 2.60. The van der Waals surface area contributed by atoms with Crippen LogP contribution in [0.25, 0.3) is 0 Å². The molecule has 0 unspecified atom stereocenters. The molecule has 4 heteroatoms. The smallest absolute Gasteiger partial charge is 0.233 e. The van der Waals surface area contributed by atoms with Gasteiger partial charge in [-0.05, 0) is 65.7 Å². The first-order valence-corrected chi connectivity index (χ1v) is 9.03. The summed E-state index contributed by atoms with van der Waals surface area (Å²) in [4.78, 5) is 25.9. The number of ketones is 1. The van der Waals surface area contributed by atoms with Gasteiger partial charge in [0.05, 0.1) is 0 Å². The third-order valence-corrected chi connectivity index (χ3v) is 6.51. The fraction of sp³-hybridized carbons (Fsp3) is 0.895. The molecule has 130 valence electrons. The van der Waals surface area contributed by atoms with Crippen molar-refractivity contribution in [2.45, 2.75) is 90.8 Å². The molecule has 3 fully saturated rings. The molecule has 0 spiro atoms. The Morgan fingerprint density at radius 1 is 1.04 bits per heavy atom. The first-order valence-electron chi connectivity index (χ1n) is 9.03. The lowest BCUT2D eigenvalue weighted by Gasteiger charge is -2.47. The van der Waals surface area contributed by atoms with Crippen molar-refractivity contribution in [3.63, 3.8) is 0 Å². The van der Waals surface area contributed by atoms with E-state index in [4.69, 9.17) is 0 Å². The minimum Gasteiger partial charge on any atom is -0.352 e. The molecule has 2 saturated carbocycles. The van der Waals surface area contributed by atoms with E-state index in [0.717, 1.165) is 32.1 Å². The van der Waals surface area contributed by atoms with E-state index in [0.29, 0.717) is 5.92 Å². The highest BCUT2D eigenvalue weighted by atomic mass is 16.2. The Kier molecular flexibility index (Phi) is 3.54. The zero-order chi connectivity index (χ0) is 17.3. The van der Waals surface area contributed by atoms with Crippen molar-refractivity contribution in [1.29, 1.82) is 0 Å². The minimum absolute atomic E-state index is 0.00543. The molecule has 0 aromatic rings. The van der Waals surface area contributed by atoms with Crippen molar-refractivity contribution in [2.24, 2.45) is 16.7 Å². The lowest BCUT2D eigenvalue weighted by atomic mass is 9.70. The molecule has 0 aromatic heterocycles. The summed E-state index contributed by atoms with van der Waals surface area (Å²) < 4.78 is 0. The molecule has 1 saturated heterocycles. The monoisotopic (exact) mass is 320 g/mol. The van der Waals surface area contributed by atoms with Gasteiger partial charge in [0, 0.05) is 22.5 Å². The van der Waals surface area contributed by atoms with Gasteiger partial charge in [0.1, 0.15) is 5.41 Å². The Balaban J connectivity index is 1.76. The van der Waals surface area contributed by atoms with Gasteiger partial charge in [-0.15, -0.1) is 0 Å². The number of piperidine rings is 1. The predicted molar refractivity (Wildman–Crippen MR) is 91.0 cm³/mol. The fourth-order valence-corrected chi connectivity index (χ4v) is 5.73. The maximum absolute atomic E-state index is 13.1. The quantitative estimate of drug-likeness (QED) is 0.769.